The van der Waals surface area contributed by atoms with Gasteiger partial charge >= 0.3 is 0 Å². The molecule has 0 amide bonds. The molecule has 1 atom stereocenters. The largest absolute Gasteiger partial charge is 0.508 e. The van der Waals surface area contributed by atoms with Crippen LogP contribution in [-0.2, 0) is 6.54 Å². The number of rotatable bonds is 5. The Hall–Kier alpha value is -1.54. The molecule has 2 aromatic carbocycles. The first-order chi connectivity index (χ1) is 8.72. The quantitative estimate of drug-likeness (QED) is 0.839. The highest BCUT2D eigenvalue weighted by Gasteiger charge is 2.06. The Morgan fingerprint density at radius 3 is 2.72 bits per heavy atom. The molecule has 0 aliphatic rings. The third kappa shape index (κ3) is 2.82. The highest BCUT2D eigenvalue weighted by atomic mass is 16.3. The summed E-state index contributed by atoms with van der Waals surface area (Å²) in [5.41, 5.74) is 0.997. The fourth-order valence-electron chi connectivity index (χ4n) is 2.10. The second-order valence-electron chi connectivity index (χ2n) is 4.93. The molecule has 0 aromatic heterocycles. The summed E-state index contributed by atoms with van der Waals surface area (Å²) in [4.78, 5) is 0. The van der Waals surface area contributed by atoms with E-state index >= 15 is 0 Å². The van der Waals surface area contributed by atoms with Crippen LogP contribution in [-0.4, -0.2) is 11.7 Å². The number of phenols is 1. The average molecular weight is 243 g/mol. The molecule has 0 saturated carbocycles. The van der Waals surface area contributed by atoms with Gasteiger partial charge in [0, 0.05) is 12.1 Å². The van der Waals surface area contributed by atoms with Crippen LogP contribution in [0.25, 0.3) is 10.8 Å². The van der Waals surface area contributed by atoms with E-state index in [9.17, 15) is 5.11 Å². The molecule has 0 fully saturated rings. The van der Waals surface area contributed by atoms with Gasteiger partial charge in [0.2, 0.25) is 0 Å². The smallest absolute Gasteiger partial charge is 0.120 e. The first kappa shape index (κ1) is 12.9. The number of phenolic OH excluding ortho intramolecular Hbond substituents is 1. The van der Waals surface area contributed by atoms with E-state index in [4.69, 9.17) is 0 Å². The van der Waals surface area contributed by atoms with Gasteiger partial charge < -0.3 is 10.4 Å². The van der Waals surface area contributed by atoms with Gasteiger partial charge in [-0.2, -0.15) is 0 Å². The van der Waals surface area contributed by atoms with Gasteiger partial charge in [0.25, 0.3) is 0 Å². The van der Waals surface area contributed by atoms with Crippen molar-refractivity contribution in [3.05, 3.63) is 42.0 Å². The Labute approximate surface area is 109 Å². The summed E-state index contributed by atoms with van der Waals surface area (Å²) in [7, 11) is 0. The van der Waals surface area contributed by atoms with Gasteiger partial charge in [-0.15, -0.1) is 0 Å². The van der Waals surface area contributed by atoms with Gasteiger partial charge in [-0.3, -0.25) is 0 Å². The number of hydrogen-bond donors (Lipinski definition) is 2. The zero-order valence-corrected chi connectivity index (χ0v) is 11.1. The Morgan fingerprint density at radius 1 is 1.17 bits per heavy atom. The summed E-state index contributed by atoms with van der Waals surface area (Å²) in [6, 6.07) is 11.9. The Morgan fingerprint density at radius 2 is 1.94 bits per heavy atom. The summed E-state index contributed by atoms with van der Waals surface area (Å²) in [6.45, 7) is 6.13. The van der Waals surface area contributed by atoms with Crippen LogP contribution in [0.2, 0.25) is 0 Å². The van der Waals surface area contributed by atoms with Crippen LogP contribution < -0.4 is 5.32 Å². The maximum Gasteiger partial charge on any atom is 0.120 e. The van der Waals surface area contributed by atoms with Crippen molar-refractivity contribution in [2.75, 3.05) is 6.54 Å². The van der Waals surface area contributed by atoms with E-state index in [-0.39, 0.29) is 0 Å². The molecular formula is C16H21NO. The van der Waals surface area contributed by atoms with E-state index in [1.807, 2.05) is 18.2 Å². The monoisotopic (exact) mass is 243 g/mol. The van der Waals surface area contributed by atoms with Gasteiger partial charge in [-0.1, -0.05) is 50.6 Å². The first-order valence-electron chi connectivity index (χ1n) is 6.62. The predicted molar refractivity (Wildman–Crippen MR) is 76.8 cm³/mol. The molecule has 0 heterocycles. The molecule has 2 rings (SSSR count). The van der Waals surface area contributed by atoms with Crippen molar-refractivity contribution in [1.29, 1.82) is 0 Å². The van der Waals surface area contributed by atoms with Gasteiger partial charge in [0.15, 0.2) is 0 Å². The molecule has 2 aromatic rings. The highest BCUT2D eigenvalue weighted by Crippen LogP contribution is 2.26. The SMILES string of the molecule is CCC(C)CNCc1c(O)ccc2ccccc12. The van der Waals surface area contributed by atoms with Crippen LogP contribution >= 0.6 is 0 Å². The fourth-order valence-corrected chi connectivity index (χ4v) is 2.10. The van der Waals surface area contributed by atoms with Gasteiger partial charge in [-0.05, 0) is 29.3 Å². The normalized spacial score (nSPS) is 12.8. The number of aromatic hydroxyl groups is 1. The van der Waals surface area contributed by atoms with E-state index in [0.717, 1.165) is 24.0 Å². The van der Waals surface area contributed by atoms with Crippen molar-refractivity contribution >= 4 is 10.8 Å². The standard InChI is InChI=1S/C16H21NO/c1-3-12(2)10-17-11-15-14-7-5-4-6-13(14)8-9-16(15)18/h4-9,12,17-18H,3,10-11H2,1-2H3. The third-order valence-corrected chi connectivity index (χ3v) is 3.51. The minimum absolute atomic E-state index is 0.380. The van der Waals surface area contributed by atoms with E-state index in [1.165, 1.54) is 11.8 Å². The maximum absolute atomic E-state index is 9.99. The summed E-state index contributed by atoms with van der Waals surface area (Å²) < 4.78 is 0. The molecule has 0 aliphatic carbocycles. The van der Waals surface area contributed by atoms with Crippen LogP contribution in [0.3, 0.4) is 0 Å². The molecule has 0 aliphatic heterocycles. The molecule has 0 spiro atoms. The molecule has 0 saturated heterocycles. The molecule has 0 bridgehead atoms. The molecule has 2 nitrogen and oxygen atoms in total. The average Bonchev–Trinajstić information content (AvgIpc) is 2.41. The molecule has 2 heteroatoms. The molecular weight excluding hydrogens is 222 g/mol. The second kappa shape index (κ2) is 5.87. The van der Waals surface area contributed by atoms with Crippen LogP contribution in [0.4, 0.5) is 0 Å². The van der Waals surface area contributed by atoms with Crippen molar-refractivity contribution < 1.29 is 5.11 Å². The van der Waals surface area contributed by atoms with Crippen LogP contribution in [0.1, 0.15) is 25.8 Å². The van der Waals surface area contributed by atoms with Crippen molar-refractivity contribution in [3.8, 4) is 5.75 Å². The van der Waals surface area contributed by atoms with Gasteiger partial charge in [0.1, 0.15) is 5.75 Å². The lowest BCUT2D eigenvalue weighted by Crippen LogP contribution is -2.20. The van der Waals surface area contributed by atoms with Crippen LogP contribution in [0, 0.1) is 5.92 Å². The van der Waals surface area contributed by atoms with Crippen molar-refractivity contribution in [1.82, 2.24) is 5.32 Å². The Bertz CT molecular complexity index is 521. The Kier molecular flexibility index (Phi) is 4.21. The number of hydrogen-bond acceptors (Lipinski definition) is 2. The van der Waals surface area contributed by atoms with Gasteiger partial charge in [-0.25, -0.2) is 0 Å². The maximum atomic E-state index is 9.99. The van der Waals surface area contributed by atoms with Crippen molar-refractivity contribution in [2.45, 2.75) is 26.8 Å². The lowest BCUT2D eigenvalue weighted by atomic mass is 10.0. The molecule has 2 N–H and O–H groups in total. The fraction of sp³-hybridized carbons (Fsp3) is 0.375. The minimum Gasteiger partial charge on any atom is -0.508 e. The zero-order valence-electron chi connectivity index (χ0n) is 11.1. The highest BCUT2D eigenvalue weighted by molar-refractivity contribution is 5.87. The predicted octanol–water partition coefficient (Wildman–Crippen LogP) is 3.68. The summed E-state index contributed by atoms with van der Waals surface area (Å²) >= 11 is 0. The van der Waals surface area contributed by atoms with Crippen molar-refractivity contribution in [3.63, 3.8) is 0 Å². The minimum atomic E-state index is 0.380. The number of fused-ring (bicyclic) bond motifs is 1. The number of benzene rings is 2. The Balaban J connectivity index is 2.18. The van der Waals surface area contributed by atoms with Crippen LogP contribution in [0.15, 0.2) is 36.4 Å². The molecule has 18 heavy (non-hydrogen) atoms. The molecule has 1 unspecified atom stereocenters. The van der Waals surface area contributed by atoms with E-state index in [1.54, 1.807) is 6.07 Å². The lowest BCUT2D eigenvalue weighted by molar-refractivity contribution is 0.458. The summed E-state index contributed by atoms with van der Waals surface area (Å²) in [6.07, 6.45) is 1.18. The van der Waals surface area contributed by atoms with E-state index in [2.05, 4.69) is 31.3 Å². The summed E-state index contributed by atoms with van der Waals surface area (Å²) in [5, 5.41) is 15.7. The van der Waals surface area contributed by atoms with Crippen LogP contribution in [0.5, 0.6) is 5.75 Å². The number of nitrogens with one attached hydrogen (secondary N) is 1. The summed E-state index contributed by atoms with van der Waals surface area (Å²) in [5.74, 6) is 1.05. The second-order valence-corrected chi connectivity index (χ2v) is 4.93. The first-order valence-corrected chi connectivity index (χ1v) is 6.62. The van der Waals surface area contributed by atoms with Gasteiger partial charge in [0.05, 0.1) is 0 Å². The van der Waals surface area contributed by atoms with E-state index in [0.29, 0.717) is 11.7 Å². The molecule has 96 valence electrons. The van der Waals surface area contributed by atoms with E-state index < -0.39 is 0 Å². The zero-order chi connectivity index (χ0) is 13.0. The van der Waals surface area contributed by atoms with Crippen molar-refractivity contribution in [2.24, 2.45) is 5.92 Å². The third-order valence-electron chi connectivity index (χ3n) is 3.51. The lowest BCUT2D eigenvalue weighted by Gasteiger charge is -2.13. The topological polar surface area (TPSA) is 32.3 Å². The molecule has 0 radical (unpaired) electrons.